The summed E-state index contributed by atoms with van der Waals surface area (Å²) in [6.07, 6.45) is 10.3. The monoisotopic (exact) mass is 378 g/mol. The van der Waals surface area contributed by atoms with Gasteiger partial charge >= 0.3 is 7.60 Å². The molecule has 24 heavy (non-hydrogen) atoms. The molecule has 0 aromatic rings. The Labute approximate surface area is 146 Å². The molecular weight excluding hydrogens is 346 g/mol. The van der Waals surface area contributed by atoms with Crippen LogP contribution in [0.15, 0.2) is 34.9 Å². The summed E-state index contributed by atoms with van der Waals surface area (Å²) in [4.78, 5) is 17.5. The van der Waals surface area contributed by atoms with Crippen LogP contribution in [0.5, 0.6) is 0 Å². The van der Waals surface area contributed by atoms with Gasteiger partial charge in [0, 0.05) is 0 Å². The molecule has 0 fully saturated rings. The van der Waals surface area contributed by atoms with Gasteiger partial charge in [-0.25, -0.2) is 0 Å². The smallest absolute Gasteiger partial charge is 0.332 e. The summed E-state index contributed by atoms with van der Waals surface area (Å²) in [5, 5.41) is 9.71. The zero-order valence-electron chi connectivity index (χ0n) is 15.2. The Kier molecular flexibility index (Phi) is 11.8. The van der Waals surface area contributed by atoms with Crippen LogP contribution in [-0.2, 0) is 9.13 Å². The van der Waals surface area contributed by atoms with Gasteiger partial charge in [-0.3, -0.25) is 4.57 Å². The van der Waals surface area contributed by atoms with Crippen LogP contribution in [0.2, 0.25) is 0 Å². The average molecular weight is 378 g/mol. The minimum atomic E-state index is -4.33. The van der Waals surface area contributed by atoms with Crippen LogP contribution in [0.1, 0.15) is 59.8 Å². The Morgan fingerprint density at radius 2 is 1.50 bits per heavy atom. The topological polar surface area (TPSA) is 94.8 Å². The van der Waals surface area contributed by atoms with E-state index in [0.717, 1.165) is 31.3 Å². The van der Waals surface area contributed by atoms with Crippen LogP contribution in [-0.4, -0.2) is 26.6 Å². The molecule has 0 aromatic heterocycles. The zero-order valence-corrected chi connectivity index (χ0v) is 17.1. The lowest BCUT2D eigenvalue weighted by atomic mass is 10.1. The van der Waals surface area contributed by atoms with Gasteiger partial charge in [-0.05, 0) is 59.8 Å². The summed E-state index contributed by atoms with van der Waals surface area (Å²) in [5.74, 6) is -1.89. The Bertz CT molecular complexity index is 539. The molecule has 0 saturated heterocycles. The summed E-state index contributed by atoms with van der Waals surface area (Å²) < 4.78 is 22.4. The van der Waals surface area contributed by atoms with Crippen LogP contribution in [0, 0.1) is 0 Å². The molecule has 0 spiro atoms. The van der Waals surface area contributed by atoms with Crippen molar-refractivity contribution < 1.29 is 24.0 Å². The van der Waals surface area contributed by atoms with Gasteiger partial charge in [0.2, 0.25) is 0 Å². The fourth-order valence-electron chi connectivity index (χ4n) is 2.09. The molecule has 3 N–H and O–H groups in total. The largest absolute Gasteiger partial charge is 0.385 e. The second kappa shape index (κ2) is 12.0. The first-order valence-electron chi connectivity index (χ1n) is 8.21. The van der Waals surface area contributed by atoms with Crippen LogP contribution in [0.3, 0.4) is 0 Å². The van der Waals surface area contributed by atoms with E-state index in [2.05, 4.69) is 32.9 Å². The van der Waals surface area contributed by atoms with Gasteiger partial charge in [0.15, 0.2) is 0 Å². The van der Waals surface area contributed by atoms with Crippen molar-refractivity contribution in [2.24, 2.45) is 0 Å². The first-order valence-corrected chi connectivity index (χ1v) is 11.7. The Balaban J connectivity index is 4.21. The van der Waals surface area contributed by atoms with Gasteiger partial charge < -0.3 is 19.5 Å². The van der Waals surface area contributed by atoms with Crippen LogP contribution in [0.25, 0.3) is 0 Å². The van der Waals surface area contributed by atoms with E-state index in [0.29, 0.717) is 0 Å². The number of aliphatic hydroxyl groups excluding tert-OH is 1. The molecular formula is C17H32O5P2. The number of hydrogen-bond donors (Lipinski definition) is 3. The molecule has 0 heterocycles. The van der Waals surface area contributed by atoms with Crippen molar-refractivity contribution in [1.82, 2.24) is 0 Å². The van der Waals surface area contributed by atoms with E-state index < -0.39 is 27.1 Å². The van der Waals surface area contributed by atoms with E-state index in [1.54, 1.807) is 6.08 Å². The maximum atomic E-state index is 11.6. The first kappa shape index (κ1) is 23.6. The van der Waals surface area contributed by atoms with Gasteiger partial charge in [0.25, 0.3) is 0 Å². The molecule has 0 rings (SSSR count). The third-order valence-corrected chi connectivity index (χ3v) is 7.42. The Hall–Kier alpha value is -0.440. The molecule has 0 aliphatic carbocycles. The van der Waals surface area contributed by atoms with Gasteiger partial charge in [-0.1, -0.05) is 34.9 Å². The maximum Gasteiger partial charge on any atom is 0.332 e. The van der Waals surface area contributed by atoms with E-state index in [1.165, 1.54) is 11.1 Å². The van der Waals surface area contributed by atoms with Gasteiger partial charge in [-0.2, -0.15) is 0 Å². The van der Waals surface area contributed by atoms with Crippen LogP contribution >= 0.6 is 15.4 Å². The molecule has 0 bridgehead atoms. The highest BCUT2D eigenvalue weighted by molar-refractivity contribution is 7.66. The van der Waals surface area contributed by atoms with Crippen molar-refractivity contribution in [3.05, 3.63) is 34.9 Å². The SMILES string of the molecule is CC(C)=CCC/C(C)=C/CC/C(C)=C/CC(O)[PH](=O)CP(=O)(O)O. The number of allylic oxidation sites excluding steroid dienone is 5. The van der Waals surface area contributed by atoms with Crippen molar-refractivity contribution in [2.75, 3.05) is 5.90 Å². The van der Waals surface area contributed by atoms with Gasteiger partial charge in [-0.15, -0.1) is 0 Å². The second-order valence-electron chi connectivity index (χ2n) is 6.50. The van der Waals surface area contributed by atoms with E-state index in [9.17, 15) is 14.2 Å². The fourth-order valence-corrected chi connectivity index (χ4v) is 4.94. The Morgan fingerprint density at radius 3 is 2.00 bits per heavy atom. The minimum absolute atomic E-state index is 0.174. The lowest BCUT2D eigenvalue weighted by Crippen LogP contribution is -2.01. The van der Waals surface area contributed by atoms with Gasteiger partial charge in [0.05, 0.1) is 0 Å². The van der Waals surface area contributed by atoms with Crippen molar-refractivity contribution >= 4 is 15.4 Å². The molecule has 0 aromatic carbocycles. The second-order valence-corrected chi connectivity index (χ2v) is 10.7. The minimum Gasteiger partial charge on any atom is -0.385 e. The van der Waals surface area contributed by atoms with Crippen molar-refractivity contribution in [3.8, 4) is 0 Å². The lowest BCUT2D eigenvalue weighted by molar-refractivity contribution is 0.255. The number of aliphatic hydroxyl groups is 1. The molecule has 0 saturated carbocycles. The quantitative estimate of drug-likeness (QED) is 0.354. The maximum absolute atomic E-state index is 11.6. The number of hydrogen-bond acceptors (Lipinski definition) is 3. The standard InChI is InChI=1S/C17H32O5P2/c1-14(2)7-5-8-15(3)9-6-10-16(4)11-12-17(18)23(19)13-24(20,21)22/h7,9,11,17-18,23H,5-6,8,10,12-13H2,1-4H3,(H2,20,21,22)/b15-9+,16-11+. The summed E-state index contributed by atoms with van der Waals surface area (Å²) in [6, 6.07) is 0. The highest BCUT2D eigenvalue weighted by Crippen LogP contribution is 2.47. The summed E-state index contributed by atoms with van der Waals surface area (Å²) in [7, 11) is -7.02. The summed E-state index contributed by atoms with van der Waals surface area (Å²) in [6.45, 7) is 8.25. The molecule has 0 radical (unpaired) electrons. The molecule has 2 unspecified atom stereocenters. The van der Waals surface area contributed by atoms with E-state index in [-0.39, 0.29) is 6.42 Å². The molecule has 0 amide bonds. The average Bonchev–Trinajstić information content (AvgIpc) is 2.42. The lowest BCUT2D eigenvalue weighted by Gasteiger charge is -2.10. The predicted molar refractivity (Wildman–Crippen MR) is 102 cm³/mol. The highest BCUT2D eigenvalue weighted by atomic mass is 31.2. The molecule has 5 nitrogen and oxygen atoms in total. The normalized spacial score (nSPS) is 16.0. The van der Waals surface area contributed by atoms with E-state index in [1.807, 2.05) is 6.92 Å². The molecule has 140 valence electrons. The third-order valence-electron chi connectivity index (χ3n) is 3.55. The van der Waals surface area contributed by atoms with E-state index >= 15 is 0 Å². The zero-order chi connectivity index (χ0) is 18.8. The molecule has 0 aliphatic rings. The molecule has 2 atom stereocenters. The third kappa shape index (κ3) is 13.9. The molecule has 0 aliphatic heterocycles. The van der Waals surface area contributed by atoms with Gasteiger partial charge in [0.1, 0.15) is 19.5 Å². The summed E-state index contributed by atoms with van der Waals surface area (Å²) >= 11 is 0. The van der Waals surface area contributed by atoms with Crippen LogP contribution < -0.4 is 0 Å². The predicted octanol–water partition coefficient (Wildman–Crippen LogP) is 4.81. The highest BCUT2D eigenvalue weighted by Gasteiger charge is 2.22. The fraction of sp³-hybridized carbons (Fsp3) is 0.647. The number of rotatable bonds is 11. The summed E-state index contributed by atoms with van der Waals surface area (Å²) in [5.41, 5.74) is 3.76. The van der Waals surface area contributed by atoms with Crippen molar-refractivity contribution in [2.45, 2.75) is 65.6 Å². The Morgan fingerprint density at radius 1 is 1.00 bits per heavy atom. The van der Waals surface area contributed by atoms with Crippen LogP contribution in [0.4, 0.5) is 0 Å². The first-order chi connectivity index (χ1) is 11.0. The van der Waals surface area contributed by atoms with E-state index in [4.69, 9.17) is 9.79 Å². The molecule has 7 heteroatoms. The van der Waals surface area contributed by atoms with Crippen molar-refractivity contribution in [1.29, 1.82) is 0 Å². The van der Waals surface area contributed by atoms with Crippen molar-refractivity contribution in [3.63, 3.8) is 0 Å².